The van der Waals surface area contributed by atoms with Gasteiger partial charge in [-0.1, -0.05) is 11.8 Å². The van der Waals surface area contributed by atoms with Gasteiger partial charge in [0.15, 0.2) is 11.8 Å². The van der Waals surface area contributed by atoms with Crippen LogP contribution in [-0.4, -0.2) is 46.1 Å². The molecular weight excluding hydrogens is 336 g/mol. The number of ether oxygens (including phenoxy) is 1. The summed E-state index contributed by atoms with van der Waals surface area (Å²) in [6, 6.07) is 5.13. The summed E-state index contributed by atoms with van der Waals surface area (Å²) in [5.41, 5.74) is 1.23. The first-order valence-electron chi connectivity index (χ1n) is 6.88. The molecule has 0 aliphatic carbocycles. The predicted octanol–water partition coefficient (Wildman–Crippen LogP) is 0.414. The van der Waals surface area contributed by atoms with Gasteiger partial charge >= 0.3 is 5.97 Å². The largest absolute Gasteiger partial charge is 0.482 e. The van der Waals surface area contributed by atoms with E-state index in [1.807, 2.05) is 0 Å². The van der Waals surface area contributed by atoms with Crippen molar-refractivity contribution in [2.24, 2.45) is 10.2 Å². The van der Waals surface area contributed by atoms with Gasteiger partial charge in [0.1, 0.15) is 11.0 Å². The molecule has 0 bridgehead atoms. The zero-order valence-electron chi connectivity index (χ0n) is 12.2. The third-order valence-electron chi connectivity index (χ3n) is 3.13. The van der Waals surface area contributed by atoms with Crippen molar-refractivity contribution >= 4 is 46.6 Å². The Labute approximate surface area is 140 Å². The van der Waals surface area contributed by atoms with Crippen molar-refractivity contribution in [3.05, 3.63) is 23.8 Å². The first-order valence-corrected chi connectivity index (χ1v) is 7.76. The fourth-order valence-electron chi connectivity index (χ4n) is 2.07. The minimum absolute atomic E-state index is 0.0114. The number of thioether (sulfide) groups is 1. The highest BCUT2D eigenvalue weighted by Gasteiger charge is 2.32. The van der Waals surface area contributed by atoms with E-state index < -0.39 is 17.1 Å². The van der Waals surface area contributed by atoms with Crippen molar-refractivity contribution in [3.8, 4) is 5.75 Å². The Morgan fingerprint density at radius 3 is 3.04 bits per heavy atom. The Hall–Kier alpha value is -2.88. The Balaban J connectivity index is 1.66. The van der Waals surface area contributed by atoms with E-state index in [2.05, 4.69) is 20.8 Å². The monoisotopic (exact) mass is 348 g/mol. The molecule has 1 fully saturated rings. The second-order valence-corrected chi connectivity index (χ2v) is 6.13. The second-order valence-electron chi connectivity index (χ2n) is 4.94. The van der Waals surface area contributed by atoms with E-state index in [0.29, 0.717) is 17.0 Å². The molecule has 1 saturated heterocycles. The average molecular weight is 348 g/mol. The third-order valence-corrected chi connectivity index (χ3v) is 4.20. The minimum atomic E-state index is -1.05. The summed E-state index contributed by atoms with van der Waals surface area (Å²) in [5.74, 6) is -1.10. The summed E-state index contributed by atoms with van der Waals surface area (Å²) in [7, 11) is 0. The minimum Gasteiger partial charge on any atom is -0.482 e. The highest BCUT2D eigenvalue weighted by molar-refractivity contribution is 8.15. The number of benzene rings is 1. The predicted molar refractivity (Wildman–Crippen MR) is 87.4 cm³/mol. The topological polar surface area (TPSA) is 129 Å². The maximum absolute atomic E-state index is 11.6. The summed E-state index contributed by atoms with van der Waals surface area (Å²) < 4.78 is 5.25. The lowest BCUT2D eigenvalue weighted by molar-refractivity contribution is -0.138. The molecule has 0 saturated carbocycles. The van der Waals surface area contributed by atoms with E-state index in [1.165, 1.54) is 6.21 Å². The maximum atomic E-state index is 11.6. The number of carboxylic acids is 1. The van der Waals surface area contributed by atoms with Gasteiger partial charge in [-0.3, -0.25) is 14.4 Å². The van der Waals surface area contributed by atoms with E-state index in [1.54, 1.807) is 18.2 Å². The number of anilines is 1. The second kappa shape index (κ2) is 6.71. The van der Waals surface area contributed by atoms with Gasteiger partial charge in [0.05, 0.1) is 18.3 Å². The molecule has 0 spiro atoms. The number of carbonyl (C=O) groups excluding carboxylic acids is 2. The van der Waals surface area contributed by atoms with E-state index in [-0.39, 0.29) is 24.1 Å². The molecule has 2 aliphatic heterocycles. The molecule has 2 heterocycles. The number of hydrogen-bond donors (Lipinski definition) is 3. The van der Waals surface area contributed by atoms with Crippen LogP contribution in [0.1, 0.15) is 12.0 Å². The van der Waals surface area contributed by atoms with Crippen molar-refractivity contribution in [3.63, 3.8) is 0 Å². The van der Waals surface area contributed by atoms with Crippen LogP contribution in [0, 0.1) is 0 Å². The number of carboxylic acid groups (broad SMARTS) is 1. The molecule has 2 amide bonds. The normalized spacial score (nSPS) is 21.3. The van der Waals surface area contributed by atoms with Crippen molar-refractivity contribution in [2.75, 3.05) is 11.9 Å². The van der Waals surface area contributed by atoms with Crippen molar-refractivity contribution in [1.82, 2.24) is 5.32 Å². The molecule has 0 aromatic heterocycles. The molecule has 124 valence electrons. The van der Waals surface area contributed by atoms with Gasteiger partial charge < -0.3 is 20.5 Å². The number of amidine groups is 1. The Kier molecular flexibility index (Phi) is 4.47. The molecule has 9 nitrogen and oxygen atoms in total. The summed E-state index contributed by atoms with van der Waals surface area (Å²) in [6.45, 7) is -0.0114. The number of carbonyl (C=O) groups is 3. The van der Waals surface area contributed by atoms with Gasteiger partial charge in [-0.2, -0.15) is 5.10 Å². The van der Waals surface area contributed by atoms with Gasteiger partial charge in [-0.05, 0) is 23.8 Å². The van der Waals surface area contributed by atoms with Crippen molar-refractivity contribution in [1.29, 1.82) is 0 Å². The molecule has 10 heteroatoms. The molecule has 1 aromatic carbocycles. The van der Waals surface area contributed by atoms with Crippen LogP contribution in [0.25, 0.3) is 0 Å². The fraction of sp³-hybridized carbons (Fsp3) is 0.214. The zero-order valence-corrected chi connectivity index (χ0v) is 13.0. The molecule has 3 N–H and O–H groups in total. The number of nitrogens with zero attached hydrogens (tertiary/aromatic N) is 2. The van der Waals surface area contributed by atoms with Crippen LogP contribution in [0.2, 0.25) is 0 Å². The summed E-state index contributed by atoms with van der Waals surface area (Å²) >= 11 is 1.02. The number of nitrogens with one attached hydrogen (secondary N) is 2. The van der Waals surface area contributed by atoms with Crippen LogP contribution in [0.4, 0.5) is 5.69 Å². The Morgan fingerprint density at radius 1 is 1.42 bits per heavy atom. The number of amides is 2. The Morgan fingerprint density at radius 2 is 2.25 bits per heavy atom. The zero-order chi connectivity index (χ0) is 17.1. The lowest BCUT2D eigenvalue weighted by atomic mass is 10.2. The van der Waals surface area contributed by atoms with Crippen LogP contribution < -0.4 is 15.4 Å². The summed E-state index contributed by atoms with van der Waals surface area (Å²) in [6.07, 6.45) is 1.18. The molecule has 1 unspecified atom stereocenters. The van der Waals surface area contributed by atoms with E-state index in [0.717, 1.165) is 11.8 Å². The molecule has 3 rings (SSSR count). The van der Waals surface area contributed by atoms with Gasteiger partial charge in [-0.25, -0.2) is 0 Å². The lowest BCUT2D eigenvalue weighted by Gasteiger charge is -2.17. The Bertz CT molecular complexity index is 776. The van der Waals surface area contributed by atoms with E-state index in [9.17, 15) is 14.4 Å². The maximum Gasteiger partial charge on any atom is 0.305 e. The highest BCUT2D eigenvalue weighted by Crippen LogP contribution is 2.28. The van der Waals surface area contributed by atoms with Crippen molar-refractivity contribution < 1.29 is 24.2 Å². The van der Waals surface area contributed by atoms with Crippen molar-refractivity contribution in [2.45, 2.75) is 11.7 Å². The summed E-state index contributed by atoms with van der Waals surface area (Å²) in [5, 5.41) is 21.1. The number of fused-ring (bicyclic) bond motifs is 1. The fourth-order valence-corrected chi connectivity index (χ4v) is 2.99. The highest BCUT2D eigenvalue weighted by atomic mass is 32.2. The van der Waals surface area contributed by atoms with E-state index >= 15 is 0 Å². The van der Waals surface area contributed by atoms with Gasteiger partial charge in [-0.15, -0.1) is 5.10 Å². The van der Waals surface area contributed by atoms with Gasteiger partial charge in [0.2, 0.25) is 5.91 Å². The smallest absolute Gasteiger partial charge is 0.305 e. The number of rotatable bonds is 4. The standard InChI is InChI=1S/C14H12N4O5S/c19-11-6-23-9-2-1-7(3-8(9)16-11)5-15-18-14-17-13(22)10(24-14)4-12(20)21/h1-3,5,10H,4,6H2,(H,16,19)(H,20,21)(H,17,18,22). The van der Waals surface area contributed by atoms with Crippen LogP contribution in [-0.2, 0) is 14.4 Å². The number of aliphatic carboxylic acids is 1. The molecule has 24 heavy (non-hydrogen) atoms. The van der Waals surface area contributed by atoms with Crippen LogP contribution in [0.15, 0.2) is 28.4 Å². The lowest BCUT2D eigenvalue weighted by Crippen LogP contribution is -2.26. The quantitative estimate of drug-likeness (QED) is 0.534. The van der Waals surface area contributed by atoms with Gasteiger partial charge in [0, 0.05) is 0 Å². The van der Waals surface area contributed by atoms with Gasteiger partial charge in [0.25, 0.3) is 5.91 Å². The average Bonchev–Trinajstić information content (AvgIpc) is 2.86. The SMILES string of the molecule is O=C(O)CC1SC(=NN=Cc2ccc3c(c2)NC(=O)CO3)NC1=O. The molecule has 1 aromatic rings. The number of hydrogen-bond acceptors (Lipinski definition) is 7. The van der Waals surface area contributed by atoms with Crippen LogP contribution in [0.3, 0.4) is 0 Å². The van der Waals surface area contributed by atoms with E-state index in [4.69, 9.17) is 9.84 Å². The summed E-state index contributed by atoms with van der Waals surface area (Å²) in [4.78, 5) is 33.5. The molecular formula is C14H12N4O5S. The van der Waals surface area contributed by atoms with Crippen LogP contribution in [0.5, 0.6) is 5.75 Å². The first kappa shape index (κ1) is 16.0. The first-order chi connectivity index (χ1) is 11.5. The molecule has 2 aliphatic rings. The molecule has 1 atom stereocenters. The van der Waals surface area contributed by atoms with Crippen LogP contribution >= 0.6 is 11.8 Å². The molecule has 0 radical (unpaired) electrons. The third kappa shape index (κ3) is 3.71.